The minimum absolute atomic E-state index is 0.0260. The molecule has 5 nitrogen and oxygen atoms in total. The molecule has 0 amide bonds. The Bertz CT molecular complexity index is 632. The van der Waals surface area contributed by atoms with E-state index in [0.717, 1.165) is 11.3 Å². The first-order valence-corrected chi connectivity index (χ1v) is 6.28. The number of hydrogen-bond donors (Lipinski definition) is 1. The van der Waals surface area contributed by atoms with Gasteiger partial charge in [0.05, 0.1) is 22.7 Å². The van der Waals surface area contributed by atoms with E-state index in [1.54, 1.807) is 13.2 Å². The lowest BCUT2D eigenvalue weighted by Crippen LogP contribution is -2.00. The molecule has 104 valence electrons. The highest BCUT2D eigenvalue weighted by Crippen LogP contribution is 2.27. The summed E-state index contributed by atoms with van der Waals surface area (Å²) in [4.78, 5) is 10.2. The number of nitrogens with zero attached hydrogens (tertiary/aromatic N) is 1. The standard InChI is InChI=1S/C14H13ClN2O3/c1-20-12-4-2-3-10(7-12)9-16-14-6-5-11(17(18)19)8-13(14)15/h2-8,16H,9H2,1H3. The van der Waals surface area contributed by atoms with Crippen molar-refractivity contribution in [2.75, 3.05) is 12.4 Å². The van der Waals surface area contributed by atoms with Crippen molar-refractivity contribution in [2.24, 2.45) is 0 Å². The quantitative estimate of drug-likeness (QED) is 0.671. The minimum Gasteiger partial charge on any atom is -0.497 e. The van der Waals surface area contributed by atoms with Gasteiger partial charge in [0.25, 0.3) is 5.69 Å². The van der Waals surface area contributed by atoms with Gasteiger partial charge in [-0.1, -0.05) is 23.7 Å². The fraction of sp³-hybridized carbons (Fsp3) is 0.143. The van der Waals surface area contributed by atoms with E-state index in [9.17, 15) is 10.1 Å². The molecular weight excluding hydrogens is 280 g/mol. The average Bonchev–Trinajstić information content (AvgIpc) is 2.46. The number of methoxy groups -OCH3 is 1. The maximum absolute atomic E-state index is 10.6. The second-order valence-electron chi connectivity index (χ2n) is 4.13. The summed E-state index contributed by atoms with van der Waals surface area (Å²) in [7, 11) is 1.61. The first kappa shape index (κ1) is 14.1. The number of halogens is 1. The van der Waals surface area contributed by atoms with Crippen LogP contribution in [0.1, 0.15) is 5.56 Å². The summed E-state index contributed by atoms with van der Waals surface area (Å²) < 4.78 is 5.14. The van der Waals surface area contributed by atoms with E-state index in [0.29, 0.717) is 17.3 Å². The van der Waals surface area contributed by atoms with Crippen molar-refractivity contribution >= 4 is 23.0 Å². The van der Waals surface area contributed by atoms with Crippen molar-refractivity contribution in [1.29, 1.82) is 0 Å². The number of ether oxygens (including phenoxy) is 1. The predicted octanol–water partition coefficient (Wildman–Crippen LogP) is 3.87. The van der Waals surface area contributed by atoms with Crippen molar-refractivity contribution in [1.82, 2.24) is 0 Å². The monoisotopic (exact) mass is 292 g/mol. The Morgan fingerprint density at radius 1 is 1.30 bits per heavy atom. The lowest BCUT2D eigenvalue weighted by Gasteiger charge is -2.09. The van der Waals surface area contributed by atoms with Gasteiger partial charge in [0, 0.05) is 18.7 Å². The molecule has 0 spiro atoms. The SMILES string of the molecule is COc1cccc(CNc2ccc([N+](=O)[O-])cc2Cl)c1. The molecular formula is C14H13ClN2O3. The molecule has 20 heavy (non-hydrogen) atoms. The summed E-state index contributed by atoms with van der Waals surface area (Å²) in [6.07, 6.45) is 0. The molecule has 2 aromatic carbocycles. The van der Waals surface area contributed by atoms with Crippen LogP contribution in [0.4, 0.5) is 11.4 Å². The molecule has 0 aliphatic rings. The van der Waals surface area contributed by atoms with Gasteiger partial charge >= 0.3 is 0 Å². The van der Waals surface area contributed by atoms with Crippen molar-refractivity contribution < 1.29 is 9.66 Å². The van der Waals surface area contributed by atoms with Crippen LogP contribution in [-0.4, -0.2) is 12.0 Å². The summed E-state index contributed by atoms with van der Waals surface area (Å²) >= 11 is 6.01. The van der Waals surface area contributed by atoms with E-state index in [2.05, 4.69) is 5.32 Å². The van der Waals surface area contributed by atoms with Crippen LogP contribution in [0.25, 0.3) is 0 Å². The summed E-state index contributed by atoms with van der Waals surface area (Å²) in [6.45, 7) is 0.550. The Hall–Kier alpha value is -2.27. The molecule has 0 atom stereocenters. The van der Waals surface area contributed by atoms with Crippen LogP contribution in [0.15, 0.2) is 42.5 Å². The zero-order valence-electron chi connectivity index (χ0n) is 10.8. The highest BCUT2D eigenvalue weighted by molar-refractivity contribution is 6.33. The van der Waals surface area contributed by atoms with Crippen LogP contribution in [0.3, 0.4) is 0 Å². The zero-order valence-corrected chi connectivity index (χ0v) is 11.6. The Morgan fingerprint density at radius 3 is 2.75 bits per heavy atom. The maximum atomic E-state index is 10.6. The molecule has 2 rings (SSSR count). The first-order chi connectivity index (χ1) is 9.60. The number of benzene rings is 2. The number of rotatable bonds is 5. The van der Waals surface area contributed by atoms with E-state index in [-0.39, 0.29) is 5.69 Å². The van der Waals surface area contributed by atoms with Crippen LogP contribution in [0.5, 0.6) is 5.75 Å². The molecule has 0 aliphatic heterocycles. The molecule has 0 aliphatic carbocycles. The Morgan fingerprint density at radius 2 is 2.10 bits per heavy atom. The summed E-state index contributed by atoms with van der Waals surface area (Å²) in [6, 6.07) is 12.0. The van der Waals surface area contributed by atoms with Gasteiger partial charge in [0.1, 0.15) is 5.75 Å². The lowest BCUT2D eigenvalue weighted by atomic mass is 10.2. The number of nitro benzene ring substituents is 1. The normalized spacial score (nSPS) is 10.1. The van der Waals surface area contributed by atoms with E-state index in [1.807, 2.05) is 24.3 Å². The third-order valence-corrected chi connectivity index (χ3v) is 3.09. The summed E-state index contributed by atoms with van der Waals surface area (Å²) in [5.74, 6) is 0.777. The zero-order chi connectivity index (χ0) is 14.5. The van der Waals surface area contributed by atoms with Gasteiger partial charge in [-0.15, -0.1) is 0 Å². The molecule has 0 saturated heterocycles. The van der Waals surface area contributed by atoms with Gasteiger partial charge in [-0.25, -0.2) is 0 Å². The molecule has 0 fully saturated rings. The maximum Gasteiger partial charge on any atom is 0.271 e. The third-order valence-electron chi connectivity index (χ3n) is 2.78. The number of hydrogen-bond acceptors (Lipinski definition) is 4. The topological polar surface area (TPSA) is 64.4 Å². The van der Waals surface area contributed by atoms with E-state index < -0.39 is 4.92 Å². The van der Waals surface area contributed by atoms with Crippen LogP contribution < -0.4 is 10.1 Å². The van der Waals surface area contributed by atoms with Gasteiger partial charge in [0.2, 0.25) is 0 Å². The van der Waals surface area contributed by atoms with E-state index in [4.69, 9.17) is 16.3 Å². The van der Waals surface area contributed by atoms with Gasteiger partial charge in [-0.2, -0.15) is 0 Å². The highest BCUT2D eigenvalue weighted by atomic mass is 35.5. The predicted molar refractivity (Wildman–Crippen MR) is 78.4 cm³/mol. The van der Waals surface area contributed by atoms with Crippen molar-refractivity contribution in [3.05, 3.63) is 63.2 Å². The number of anilines is 1. The molecule has 2 aromatic rings. The fourth-order valence-electron chi connectivity index (χ4n) is 1.74. The van der Waals surface area contributed by atoms with Crippen LogP contribution in [-0.2, 0) is 6.54 Å². The molecule has 1 N–H and O–H groups in total. The number of non-ortho nitro benzene ring substituents is 1. The van der Waals surface area contributed by atoms with Crippen LogP contribution >= 0.6 is 11.6 Å². The molecule has 0 heterocycles. The molecule has 0 bridgehead atoms. The summed E-state index contributed by atoms with van der Waals surface area (Å²) in [5.41, 5.74) is 1.65. The van der Waals surface area contributed by atoms with Crippen molar-refractivity contribution in [3.63, 3.8) is 0 Å². The third kappa shape index (κ3) is 3.39. The fourth-order valence-corrected chi connectivity index (χ4v) is 1.98. The molecule has 0 aromatic heterocycles. The summed E-state index contributed by atoms with van der Waals surface area (Å²) in [5, 5.41) is 14.1. The Labute approximate surface area is 121 Å². The van der Waals surface area contributed by atoms with Gasteiger partial charge in [-0.05, 0) is 23.8 Å². The highest BCUT2D eigenvalue weighted by Gasteiger charge is 2.09. The van der Waals surface area contributed by atoms with Gasteiger partial charge in [-0.3, -0.25) is 10.1 Å². The molecule has 6 heteroatoms. The van der Waals surface area contributed by atoms with E-state index >= 15 is 0 Å². The molecule has 0 unspecified atom stereocenters. The van der Waals surface area contributed by atoms with Gasteiger partial charge < -0.3 is 10.1 Å². The first-order valence-electron chi connectivity index (χ1n) is 5.91. The van der Waals surface area contributed by atoms with Crippen LogP contribution in [0.2, 0.25) is 5.02 Å². The second kappa shape index (κ2) is 6.25. The minimum atomic E-state index is -0.474. The largest absolute Gasteiger partial charge is 0.497 e. The van der Waals surface area contributed by atoms with Gasteiger partial charge in [0.15, 0.2) is 0 Å². The van der Waals surface area contributed by atoms with Crippen molar-refractivity contribution in [3.8, 4) is 5.75 Å². The molecule has 0 saturated carbocycles. The van der Waals surface area contributed by atoms with E-state index in [1.165, 1.54) is 12.1 Å². The molecule has 0 radical (unpaired) electrons. The Kier molecular flexibility index (Phi) is 4.42. The smallest absolute Gasteiger partial charge is 0.271 e. The average molecular weight is 293 g/mol. The van der Waals surface area contributed by atoms with Crippen LogP contribution in [0, 0.1) is 10.1 Å². The Balaban J connectivity index is 2.08. The lowest BCUT2D eigenvalue weighted by molar-refractivity contribution is -0.384. The number of nitrogens with one attached hydrogen (secondary N) is 1. The van der Waals surface area contributed by atoms with Crippen molar-refractivity contribution in [2.45, 2.75) is 6.54 Å². The second-order valence-corrected chi connectivity index (χ2v) is 4.53. The number of nitro groups is 1.